The Bertz CT molecular complexity index is 1380. The van der Waals surface area contributed by atoms with Crippen LogP contribution >= 0.6 is 11.6 Å². The van der Waals surface area contributed by atoms with E-state index in [-0.39, 0.29) is 28.1 Å². The summed E-state index contributed by atoms with van der Waals surface area (Å²) in [6, 6.07) is 20.3. The van der Waals surface area contributed by atoms with Crippen molar-refractivity contribution in [1.82, 2.24) is 9.21 Å². The summed E-state index contributed by atoms with van der Waals surface area (Å²) in [6.07, 6.45) is 2.38. The van der Waals surface area contributed by atoms with Gasteiger partial charge in [0.1, 0.15) is 10.6 Å². The predicted molar refractivity (Wildman–Crippen MR) is 147 cm³/mol. The van der Waals surface area contributed by atoms with E-state index < -0.39 is 22.5 Å². The highest BCUT2D eigenvalue weighted by Crippen LogP contribution is 2.30. The fourth-order valence-corrected chi connectivity index (χ4v) is 6.13. The Kier molecular flexibility index (Phi) is 9.04. The van der Waals surface area contributed by atoms with Crippen LogP contribution in [-0.4, -0.2) is 56.2 Å². The van der Waals surface area contributed by atoms with E-state index in [9.17, 15) is 18.0 Å². The van der Waals surface area contributed by atoms with Gasteiger partial charge in [-0.1, -0.05) is 54.1 Å². The van der Waals surface area contributed by atoms with Crippen molar-refractivity contribution < 1.29 is 22.7 Å². The molecule has 1 aliphatic rings. The molecule has 1 saturated heterocycles. The van der Waals surface area contributed by atoms with Gasteiger partial charge in [0, 0.05) is 30.3 Å². The molecule has 0 atom stereocenters. The molecule has 3 aromatic carbocycles. The van der Waals surface area contributed by atoms with Gasteiger partial charge in [0.05, 0.1) is 20.1 Å². The number of rotatable bonds is 10. The van der Waals surface area contributed by atoms with Crippen LogP contribution in [0.5, 0.6) is 5.75 Å². The van der Waals surface area contributed by atoms with Crippen LogP contribution in [0.2, 0.25) is 5.02 Å². The molecule has 0 bridgehead atoms. The number of amides is 2. The lowest BCUT2D eigenvalue weighted by molar-refractivity contribution is -0.129. The number of anilines is 1. The fraction of sp³-hybridized carbons (Fsp3) is 0.286. The number of nitrogens with zero attached hydrogens (tertiary/aromatic N) is 2. The summed E-state index contributed by atoms with van der Waals surface area (Å²) < 4.78 is 33.7. The topological polar surface area (TPSA) is 96.0 Å². The van der Waals surface area contributed by atoms with E-state index >= 15 is 0 Å². The van der Waals surface area contributed by atoms with Crippen molar-refractivity contribution in [3.8, 4) is 5.75 Å². The molecule has 2 amide bonds. The average molecular weight is 556 g/mol. The van der Waals surface area contributed by atoms with Crippen LogP contribution in [0.1, 0.15) is 24.0 Å². The highest BCUT2D eigenvalue weighted by molar-refractivity contribution is 7.89. The Labute approximate surface area is 228 Å². The normalized spacial score (nSPS) is 13.5. The van der Waals surface area contributed by atoms with Crippen molar-refractivity contribution in [2.45, 2.75) is 30.7 Å². The van der Waals surface area contributed by atoms with Crippen LogP contribution in [0.15, 0.2) is 77.7 Å². The summed E-state index contributed by atoms with van der Waals surface area (Å²) >= 11 is 6.10. The number of nitrogens with one attached hydrogen (secondary N) is 1. The summed E-state index contributed by atoms with van der Waals surface area (Å²) in [7, 11) is -2.79. The summed E-state index contributed by atoms with van der Waals surface area (Å²) in [5.74, 6) is -0.282. The third-order valence-electron chi connectivity index (χ3n) is 6.32. The lowest BCUT2D eigenvalue weighted by Crippen LogP contribution is -2.37. The largest absolute Gasteiger partial charge is 0.495 e. The second-order valence-electron chi connectivity index (χ2n) is 9.06. The van der Waals surface area contributed by atoms with Gasteiger partial charge in [0.15, 0.2) is 0 Å². The van der Waals surface area contributed by atoms with Crippen molar-refractivity contribution in [3.05, 3.63) is 88.9 Å². The van der Waals surface area contributed by atoms with Crippen molar-refractivity contribution in [1.29, 1.82) is 0 Å². The highest BCUT2D eigenvalue weighted by atomic mass is 35.5. The molecule has 1 aliphatic heterocycles. The number of hydrogen-bond donors (Lipinski definition) is 1. The fourth-order valence-electron chi connectivity index (χ4n) is 4.32. The summed E-state index contributed by atoms with van der Waals surface area (Å²) in [5, 5.41) is 2.99. The van der Waals surface area contributed by atoms with Gasteiger partial charge in [0.25, 0.3) is 0 Å². The summed E-state index contributed by atoms with van der Waals surface area (Å²) in [6.45, 7) is 1.15. The molecule has 38 heavy (non-hydrogen) atoms. The van der Waals surface area contributed by atoms with E-state index in [0.717, 1.165) is 41.4 Å². The van der Waals surface area contributed by atoms with Gasteiger partial charge in [-0.3, -0.25) is 9.59 Å². The Hall–Kier alpha value is -3.40. The first-order valence-corrected chi connectivity index (χ1v) is 14.1. The quantitative estimate of drug-likeness (QED) is 0.401. The van der Waals surface area contributed by atoms with Crippen molar-refractivity contribution >= 4 is 39.1 Å². The van der Waals surface area contributed by atoms with Gasteiger partial charge in [-0.05, 0) is 54.3 Å². The first-order valence-electron chi connectivity index (χ1n) is 12.3. The Morgan fingerprint density at radius 3 is 2.32 bits per heavy atom. The molecule has 0 spiro atoms. The van der Waals surface area contributed by atoms with E-state index in [1.807, 2.05) is 11.0 Å². The van der Waals surface area contributed by atoms with Gasteiger partial charge in [-0.2, -0.15) is 4.31 Å². The number of likely N-dealkylation sites (tertiary alicyclic amines) is 1. The third kappa shape index (κ3) is 6.92. The maximum atomic E-state index is 13.7. The molecule has 0 unspecified atom stereocenters. The number of carbonyl (C=O) groups is 2. The second-order valence-corrected chi connectivity index (χ2v) is 11.4. The Morgan fingerprint density at radius 2 is 1.66 bits per heavy atom. The monoisotopic (exact) mass is 555 g/mol. The molecule has 0 aromatic heterocycles. The predicted octanol–water partition coefficient (Wildman–Crippen LogP) is 4.34. The second kappa shape index (κ2) is 12.4. The molecule has 1 N–H and O–H groups in total. The molecule has 0 radical (unpaired) electrons. The molecule has 1 heterocycles. The third-order valence-corrected chi connectivity index (χ3v) is 8.37. The maximum Gasteiger partial charge on any atom is 0.247 e. The molecule has 200 valence electrons. The van der Waals surface area contributed by atoms with E-state index in [0.29, 0.717) is 12.1 Å². The minimum absolute atomic E-state index is 0.0240. The van der Waals surface area contributed by atoms with Crippen molar-refractivity contribution in [3.63, 3.8) is 0 Å². The molecule has 10 heteroatoms. The lowest BCUT2D eigenvalue weighted by atomic mass is 10.1. The van der Waals surface area contributed by atoms with Gasteiger partial charge in [0.2, 0.25) is 21.8 Å². The van der Waals surface area contributed by atoms with Crippen molar-refractivity contribution in [2.75, 3.05) is 32.1 Å². The Morgan fingerprint density at radius 1 is 0.974 bits per heavy atom. The zero-order valence-electron chi connectivity index (χ0n) is 21.1. The highest BCUT2D eigenvalue weighted by Gasteiger charge is 2.30. The average Bonchev–Trinajstić information content (AvgIpc) is 3.45. The van der Waals surface area contributed by atoms with Crippen LogP contribution < -0.4 is 10.1 Å². The van der Waals surface area contributed by atoms with E-state index in [2.05, 4.69) is 5.32 Å². The number of ether oxygens (including phenoxy) is 1. The van der Waals surface area contributed by atoms with Crippen LogP contribution in [0, 0.1) is 0 Å². The SMILES string of the molecule is COc1ccc(Cl)cc1S(=O)(=O)N(CC(=O)Nc1ccc(CC(=O)N2CCCC2)cc1)Cc1ccccc1. The number of sulfonamides is 1. The number of hydrogen-bond acceptors (Lipinski definition) is 5. The van der Waals surface area contributed by atoms with E-state index in [1.165, 1.54) is 25.3 Å². The molecule has 1 fully saturated rings. The van der Waals surface area contributed by atoms with E-state index in [4.69, 9.17) is 16.3 Å². The molecule has 4 rings (SSSR count). The lowest BCUT2D eigenvalue weighted by Gasteiger charge is -2.23. The number of methoxy groups -OCH3 is 1. The zero-order chi connectivity index (χ0) is 27.1. The zero-order valence-corrected chi connectivity index (χ0v) is 22.7. The van der Waals surface area contributed by atoms with Gasteiger partial charge in [-0.25, -0.2) is 8.42 Å². The van der Waals surface area contributed by atoms with Crippen LogP contribution in [-0.2, 0) is 32.6 Å². The number of halogens is 1. The molecule has 8 nitrogen and oxygen atoms in total. The van der Waals surface area contributed by atoms with E-state index in [1.54, 1.807) is 48.5 Å². The summed E-state index contributed by atoms with van der Waals surface area (Å²) in [4.78, 5) is 27.2. The molecular formula is C28H30ClN3O5S. The minimum Gasteiger partial charge on any atom is -0.495 e. The first kappa shape index (κ1) is 27.6. The Balaban J connectivity index is 1.49. The van der Waals surface area contributed by atoms with Gasteiger partial charge >= 0.3 is 0 Å². The van der Waals surface area contributed by atoms with Crippen LogP contribution in [0.25, 0.3) is 0 Å². The molecule has 0 aliphatic carbocycles. The van der Waals surface area contributed by atoms with Gasteiger partial charge < -0.3 is 15.0 Å². The van der Waals surface area contributed by atoms with Crippen LogP contribution in [0.4, 0.5) is 5.69 Å². The summed E-state index contributed by atoms with van der Waals surface area (Å²) in [5.41, 5.74) is 2.07. The van der Waals surface area contributed by atoms with Crippen molar-refractivity contribution in [2.24, 2.45) is 0 Å². The first-order chi connectivity index (χ1) is 18.3. The number of benzene rings is 3. The van der Waals surface area contributed by atoms with Gasteiger partial charge in [-0.15, -0.1) is 0 Å². The molecule has 0 saturated carbocycles. The molecule has 3 aromatic rings. The smallest absolute Gasteiger partial charge is 0.247 e. The minimum atomic E-state index is -4.16. The number of carbonyl (C=O) groups excluding carboxylic acids is 2. The molecular weight excluding hydrogens is 526 g/mol. The van der Waals surface area contributed by atoms with Crippen LogP contribution in [0.3, 0.4) is 0 Å². The maximum absolute atomic E-state index is 13.7. The standard InChI is InChI=1S/C28H30ClN3O5S/c1-37-25-14-11-23(29)18-26(25)38(35,36)32(19-22-7-3-2-4-8-22)20-27(33)30-24-12-9-21(10-13-24)17-28(34)31-15-5-6-16-31/h2-4,7-14,18H,5-6,15-17,19-20H2,1H3,(H,30,33).